The van der Waals surface area contributed by atoms with Crippen LogP contribution in [0.4, 0.5) is 0 Å². The van der Waals surface area contributed by atoms with Crippen molar-refractivity contribution < 1.29 is 13.2 Å². The highest BCUT2D eigenvalue weighted by molar-refractivity contribution is 7.92. The molecule has 5 nitrogen and oxygen atoms in total. The summed E-state index contributed by atoms with van der Waals surface area (Å²) in [5.74, 6) is -0.634. The molecule has 0 radical (unpaired) electrons. The second kappa shape index (κ2) is 6.52. The van der Waals surface area contributed by atoms with Crippen LogP contribution in [0.2, 0.25) is 0 Å². The lowest BCUT2D eigenvalue weighted by molar-refractivity contribution is -0.121. The van der Waals surface area contributed by atoms with Gasteiger partial charge >= 0.3 is 0 Å². The van der Waals surface area contributed by atoms with Crippen LogP contribution < -0.4 is 11.1 Å². The number of hydrogen-bond acceptors (Lipinski definition) is 4. The van der Waals surface area contributed by atoms with Gasteiger partial charge in [0.25, 0.3) is 0 Å². The van der Waals surface area contributed by atoms with Crippen molar-refractivity contribution in [2.24, 2.45) is 5.73 Å². The average molecular weight is 278 g/mol. The summed E-state index contributed by atoms with van der Waals surface area (Å²) in [6.45, 7) is 8.60. The molecule has 0 aliphatic carbocycles. The predicted octanol–water partition coefficient (Wildman–Crippen LogP) is 0.832. The van der Waals surface area contributed by atoms with Crippen molar-refractivity contribution in [3.8, 4) is 0 Å². The van der Waals surface area contributed by atoms with E-state index >= 15 is 0 Å². The molecule has 0 spiro atoms. The number of sulfone groups is 1. The van der Waals surface area contributed by atoms with Gasteiger partial charge in [0, 0.05) is 11.6 Å². The van der Waals surface area contributed by atoms with Crippen molar-refractivity contribution in [2.45, 2.75) is 64.3 Å². The fourth-order valence-electron chi connectivity index (χ4n) is 1.62. The number of nitrogens with one attached hydrogen (secondary N) is 1. The molecule has 0 fully saturated rings. The third-order valence-corrected chi connectivity index (χ3v) is 5.25. The van der Waals surface area contributed by atoms with Gasteiger partial charge in [0.05, 0.1) is 5.75 Å². The molecular weight excluding hydrogens is 252 g/mol. The van der Waals surface area contributed by atoms with Gasteiger partial charge in [-0.25, -0.2) is 8.42 Å². The molecule has 0 saturated carbocycles. The number of carbonyl (C=O) groups excluding carboxylic acids is 1. The number of carbonyl (C=O) groups is 1. The van der Waals surface area contributed by atoms with Crippen LogP contribution in [0.5, 0.6) is 0 Å². The van der Waals surface area contributed by atoms with E-state index in [2.05, 4.69) is 5.32 Å². The van der Waals surface area contributed by atoms with E-state index in [1.54, 1.807) is 13.8 Å². The van der Waals surface area contributed by atoms with Gasteiger partial charge in [-0.3, -0.25) is 4.79 Å². The summed E-state index contributed by atoms with van der Waals surface area (Å²) < 4.78 is 24.0. The smallest absolute Gasteiger partial charge is 0.238 e. The summed E-state index contributed by atoms with van der Waals surface area (Å²) in [5, 5.41) is 1.69. The van der Waals surface area contributed by atoms with Crippen molar-refractivity contribution in [3.05, 3.63) is 0 Å². The molecule has 6 heteroatoms. The minimum Gasteiger partial charge on any atom is -0.352 e. The molecule has 0 aromatic rings. The zero-order valence-electron chi connectivity index (χ0n) is 12.0. The van der Waals surface area contributed by atoms with Gasteiger partial charge in [0.15, 0.2) is 9.84 Å². The quantitative estimate of drug-likeness (QED) is 0.722. The Bertz CT molecular complexity index is 367. The maximum absolute atomic E-state index is 12.0. The molecule has 0 aromatic carbocycles. The van der Waals surface area contributed by atoms with Crippen LogP contribution >= 0.6 is 0 Å². The highest BCUT2D eigenvalue weighted by Gasteiger charge is 2.32. The van der Waals surface area contributed by atoms with Crippen molar-refractivity contribution in [1.29, 1.82) is 0 Å². The highest BCUT2D eigenvalue weighted by Crippen LogP contribution is 2.10. The van der Waals surface area contributed by atoms with Gasteiger partial charge < -0.3 is 11.1 Å². The van der Waals surface area contributed by atoms with E-state index in [4.69, 9.17) is 5.73 Å². The van der Waals surface area contributed by atoms with E-state index < -0.39 is 26.5 Å². The molecule has 3 N–H and O–H groups in total. The lowest BCUT2D eigenvalue weighted by Crippen LogP contribution is -2.48. The van der Waals surface area contributed by atoms with E-state index in [1.807, 2.05) is 13.8 Å². The van der Waals surface area contributed by atoms with Crippen molar-refractivity contribution in [1.82, 2.24) is 5.32 Å². The van der Waals surface area contributed by atoms with Crippen LogP contribution in [0, 0.1) is 0 Å². The molecule has 0 aliphatic rings. The molecule has 0 heterocycles. The van der Waals surface area contributed by atoms with Crippen molar-refractivity contribution >= 4 is 15.7 Å². The molecular formula is C12H26N2O3S. The third kappa shape index (κ3) is 5.82. The molecule has 18 heavy (non-hydrogen) atoms. The second-order valence-corrected chi connectivity index (χ2v) is 7.78. The first kappa shape index (κ1) is 17.4. The van der Waals surface area contributed by atoms with E-state index in [1.165, 1.54) is 6.92 Å². The molecule has 0 saturated heterocycles. The molecule has 0 aliphatic heterocycles. The van der Waals surface area contributed by atoms with Crippen molar-refractivity contribution in [3.63, 3.8) is 0 Å². The Hall–Kier alpha value is -0.620. The van der Waals surface area contributed by atoms with Gasteiger partial charge in [0.2, 0.25) is 5.91 Å². The first-order valence-electron chi connectivity index (χ1n) is 6.34. The van der Waals surface area contributed by atoms with E-state index in [9.17, 15) is 13.2 Å². The first-order valence-corrected chi connectivity index (χ1v) is 8.05. The molecule has 108 valence electrons. The Kier molecular flexibility index (Phi) is 6.29. The minimum absolute atomic E-state index is 0.0287. The first-order chi connectivity index (χ1) is 8.03. The molecule has 0 bridgehead atoms. The van der Waals surface area contributed by atoms with Gasteiger partial charge in [-0.05, 0) is 33.6 Å². The Morgan fingerprint density at radius 1 is 1.28 bits per heavy atom. The van der Waals surface area contributed by atoms with Gasteiger partial charge in [0.1, 0.15) is 5.25 Å². The van der Waals surface area contributed by atoms with Crippen molar-refractivity contribution in [2.75, 3.05) is 5.75 Å². The predicted molar refractivity (Wildman–Crippen MR) is 74.0 cm³/mol. The summed E-state index contributed by atoms with van der Waals surface area (Å²) in [6, 6.07) is 0.0287. The summed E-state index contributed by atoms with van der Waals surface area (Å²) in [5.41, 5.74) is 4.87. The minimum atomic E-state index is -3.52. The normalized spacial score (nSPS) is 14.6. The Morgan fingerprint density at radius 2 is 1.72 bits per heavy atom. The Labute approximate surface area is 110 Å². The van der Waals surface area contributed by atoms with Crippen LogP contribution in [0.1, 0.15) is 47.5 Å². The molecule has 1 unspecified atom stereocenters. The zero-order valence-corrected chi connectivity index (χ0v) is 12.8. The Morgan fingerprint density at radius 3 is 2.06 bits per heavy atom. The SMILES string of the molecule is CCC(CC)NC(=O)C(C)S(=O)(=O)CC(C)(C)N. The van der Waals surface area contributed by atoms with E-state index in [0.29, 0.717) is 0 Å². The second-order valence-electron chi connectivity index (χ2n) is 5.46. The number of amides is 1. The van der Waals surface area contributed by atoms with Crippen LogP contribution in [0.15, 0.2) is 0 Å². The summed E-state index contributed by atoms with van der Waals surface area (Å²) >= 11 is 0. The third-order valence-electron chi connectivity index (χ3n) is 2.81. The van der Waals surface area contributed by atoms with Crippen LogP contribution in [-0.4, -0.2) is 36.9 Å². The summed E-state index contributed by atoms with van der Waals surface area (Å²) in [6.07, 6.45) is 1.58. The van der Waals surface area contributed by atoms with Gasteiger partial charge in [-0.1, -0.05) is 13.8 Å². The number of hydrogen-bond donors (Lipinski definition) is 2. The fourth-order valence-corrected chi connectivity index (χ4v) is 3.30. The van der Waals surface area contributed by atoms with E-state index in [0.717, 1.165) is 12.8 Å². The standard InChI is InChI=1S/C12H26N2O3S/c1-6-10(7-2)14-11(15)9(3)18(16,17)8-12(4,5)13/h9-10H,6-8,13H2,1-5H3,(H,14,15). The number of rotatable bonds is 7. The number of nitrogens with two attached hydrogens (primary N) is 1. The monoisotopic (exact) mass is 278 g/mol. The molecule has 0 rings (SSSR count). The van der Waals surface area contributed by atoms with Crippen LogP contribution in [0.3, 0.4) is 0 Å². The molecule has 1 amide bonds. The lowest BCUT2D eigenvalue weighted by atomic mass is 10.1. The van der Waals surface area contributed by atoms with Crippen LogP contribution in [0.25, 0.3) is 0 Å². The average Bonchev–Trinajstić information content (AvgIpc) is 2.21. The summed E-state index contributed by atoms with van der Waals surface area (Å²) in [4.78, 5) is 11.9. The summed E-state index contributed by atoms with van der Waals surface area (Å²) in [7, 11) is -3.52. The molecule has 0 aromatic heterocycles. The molecule has 1 atom stereocenters. The van der Waals surface area contributed by atoms with Gasteiger partial charge in [-0.15, -0.1) is 0 Å². The van der Waals surface area contributed by atoms with Gasteiger partial charge in [-0.2, -0.15) is 0 Å². The fraction of sp³-hybridized carbons (Fsp3) is 0.917. The lowest BCUT2D eigenvalue weighted by Gasteiger charge is -2.23. The highest BCUT2D eigenvalue weighted by atomic mass is 32.2. The topological polar surface area (TPSA) is 89.3 Å². The Balaban J connectivity index is 4.73. The largest absolute Gasteiger partial charge is 0.352 e. The van der Waals surface area contributed by atoms with Crippen LogP contribution in [-0.2, 0) is 14.6 Å². The van der Waals surface area contributed by atoms with E-state index in [-0.39, 0.29) is 11.8 Å². The maximum Gasteiger partial charge on any atom is 0.238 e. The zero-order chi connectivity index (χ0) is 14.6. The maximum atomic E-state index is 12.0.